The third-order valence-corrected chi connectivity index (χ3v) is 7.90. The monoisotopic (exact) mass is 520 g/mol. The Morgan fingerprint density at radius 3 is 2.48 bits per heavy atom. The summed E-state index contributed by atoms with van der Waals surface area (Å²) in [6.45, 7) is 4.02. The van der Waals surface area contributed by atoms with Crippen molar-refractivity contribution in [3.63, 3.8) is 0 Å². The average molecular weight is 522 g/mol. The number of thiazole rings is 1. The van der Waals surface area contributed by atoms with E-state index in [9.17, 15) is 0 Å². The second kappa shape index (κ2) is 10.3. The molecule has 4 rings (SSSR count). The van der Waals surface area contributed by atoms with Crippen molar-refractivity contribution in [3.05, 3.63) is 67.5 Å². The van der Waals surface area contributed by atoms with Gasteiger partial charge in [0.15, 0.2) is 0 Å². The van der Waals surface area contributed by atoms with Gasteiger partial charge in [-0.1, -0.05) is 54.1 Å². The van der Waals surface area contributed by atoms with E-state index in [1.807, 2.05) is 50.2 Å². The molecule has 1 unspecified atom stereocenters. The van der Waals surface area contributed by atoms with Crippen LogP contribution in [0.4, 0.5) is 0 Å². The van der Waals surface area contributed by atoms with E-state index in [2.05, 4.69) is 5.92 Å². The number of hydrogen-bond acceptors (Lipinski definition) is 4. The Morgan fingerprint density at radius 1 is 1.24 bits per heavy atom. The molecule has 7 heteroatoms. The lowest BCUT2D eigenvalue weighted by molar-refractivity contribution is 0.409. The maximum atomic E-state index is 7.01. The summed E-state index contributed by atoms with van der Waals surface area (Å²) in [6, 6.07) is 11.7. The molecule has 1 fully saturated rings. The van der Waals surface area contributed by atoms with E-state index in [1.54, 1.807) is 18.4 Å². The number of benzene rings is 2. The molecule has 1 heterocycles. The number of terminal acetylenes is 1. The van der Waals surface area contributed by atoms with Crippen LogP contribution in [0.3, 0.4) is 0 Å². The Labute approximate surface area is 216 Å². The second-order valence-corrected chi connectivity index (χ2v) is 10.6. The quantitative estimate of drug-likeness (QED) is 0.327. The summed E-state index contributed by atoms with van der Waals surface area (Å²) in [5.74, 6) is 4.26. The summed E-state index contributed by atoms with van der Waals surface area (Å²) < 4.78 is 5.40. The molecule has 2 aromatic carbocycles. The van der Waals surface area contributed by atoms with Crippen LogP contribution in [0.2, 0.25) is 10.0 Å². The number of hydrogen-bond donors (Lipinski definition) is 1. The number of aromatic nitrogens is 1. The first-order valence-corrected chi connectivity index (χ1v) is 12.2. The fourth-order valence-corrected chi connectivity index (χ4v) is 5.58. The molecule has 0 saturated heterocycles. The third kappa shape index (κ3) is 5.19. The molecule has 0 spiro atoms. The van der Waals surface area contributed by atoms with Crippen molar-refractivity contribution in [2.45, 2.75) is 44.6 Å². The zero-order chi connectivity index (χ0) is 23.0. The van der Waals surface area contributed by atoms with Crippen LogP contribution in [0.15, 0.2) is 36.4 Å². The first kappa shape index (κ1) is 25.9. The molecule has 0 radical (unpaired) electrons. The molecule has 2 atom stereocenters. The minimum absolute atomic E-state index is 0. The van der Waals surface area contributed by atoms with Gasteiger partial charge >= 0.3 is 0 Å². The maximum Gasteiger partial charge on any atom is 0.136 e. The largest absolute Gasteiger partial charge is 0.496 e. The minimum atomic E-state index is -1.03. The van der Waals surface area contributed by atoms with Crippen molar-refractivity contribution in [2.75, 3.05) is 7.11 Å². The van der Waals surface area contributed by atoms with Gasteiger partial charge in [0.05, 0.1) is 17.8 Å². The number of ether oxygens (including phenoxy) is 1. The van der Waals surface area contributed by atoms with Gasteiger partial charge in [0, 0.05) is 21.4 Å². The Hall–Kier alpha value is -1.74. The topological polar surface area (TPSA) is 48.1 Å². The van der Waals surface area contributed by atoms with Crippen molar-refractivity contribution in [3.8, 4) is 29.4 Å². The fourth-order valence-electron chi connectivity index (χ4n) is 4.17. The van der Waals surface area contributed by atoms with Crippen molar-refractivity contribution in [2.24, 2.45) is 11.7 Å². The first-order chi connectivity index (χ1) is 15.3. The second-order valence-electron chi connectivity index (χ2n) is 8.52. The molecule has 0 amide bonds. The average Bonchev–Trinajstić information content (AvgIpc) is 3.53. The van der Waals surface area contributed by atoms with Crippen LogP contribution in [-0.2, 0) is 5.54 Å². The minimum Gasteiger partial charge on any atom is -0.496 e. The molecule has 0 bridgehead atoms. The van der Waals surface area contributed by atoms with E-state index in [0.717, 1.165) is 44.4 Å². The Kier molecular flexibility index (Phi) is 8.04. The van der Waals surface area contributed by atoms with Gasteiger partial charge in [-0.25, -0.2) is 4.98 Å². The summed E-state index contributed by atoms with van der Waals surface area (Å²) in [4.78, 5) is 6.00. The van der Waals surface area contributed by atoms with E-state index < -0.39 is 5.54 Å². The molecule has 174 valence electrons. The van der Waals surface area contributed by atoms with Crippen molar-refractivity contribution < 1.29 is 4.74 Å². The molecule has 3 aromatic rings. The van der Waals surface area contributed by atoms with Gasteiger partial charge in [-0.3, -0.25) is 0 Å². The number of halogens is 3. The number of methoxy groups -OCH3 is 1. The Balaban J connectivity index is 0.00000306. The van der Waals surface area contributed by atoms with Crippen molar-refractivity contribution >= 4 is 46.9 Å². The normalized spacial score (nSPS) is 15.8. The SMILES string of the molecule is C#CC(N)(c1nc(-c2cc(C)c(OC)cc2Cl)c(C)s1)[C@@H](CC1CC1)c1ccc(Cl)cc1.Cl. The summed E-state index contributed by atoms with van der Waals surface area (Å²) in [7, 11) is 1.64. The van der Waals surface area contributed by atoms with Gasteiger partial charge in [0.1, 0.15) is 16.3 Å². The lowest BCUT2D eigenvalue weighted by Crippen LogP contribution is -2.41. The molecule has 33 heavy (non-hydrogen) atoms. The van der Waals surface area contributed by atoms with E-state index in [-0.39, 0.29) is 18.3 Å². The van der Waals surface area contributed by atoms with Crippen LogP contribution in [0.5, 0.6) is 5.75 Å². The van der Waals surface area contributed by atoms with E-state index in [1.165, 1.54) is 12.8 Å². The van der Waals surface area contributed by atoms with Crippen LogP contribution in [0.25, 0.3) is 11.3 Å². The van der Waals surface area contributed by atoms with Crippen LogP contribution >= 0.6 is 46.9 Å². The molecule has 1 aliphatic rings. The van der Waals surface area contributed by atoms with Crippen LogP contribution < -0.4 is 10.5 Å². The molecule has 0 aliphatic heterocycles. The van der Waals surface area contributed by atoms with Crippen LogP contribution in [0.1, 0.15) is 46.2 Å². The number of rotatable bonds is 7. The lowest BCUT2D eigenvalue weighted by atomic mass is 9.77. The highest BCUT2D eigenvalue weighted by atomic mass is 35.5. The standard InChI is InChI=1S/C26H26Cl2N2OS.ClH/c1-5-26(29,21(13-17-6-7-17)18-8-10-19(27)11-9-18)25-30-24(16(3)32-25)20-12-15(2)23(31-4)14-22(20)28;/h1,8-12,14,17,21H,6-7,13,29H2,2-4H3;1H/t21-,26?;/m0./s1. The molecule has 1 aromatic heterocycles. The fraction of sp³-hybridized carbons (Fsp3) is 0.346. The van der Waals surface area contributed by atoms with Crippen molar-refractivity contribution in [1.82, 2.24) is 4.98 Å². The van der Waals surface area contributed by atoms with E-state index in [4.69, 9.17) is 45.1 Å². The van der Waals surface area contributed by atoms with Crippen LogP contribution in [0, 0.1) is 32.1 Å². The predicted molar refractivity (Wildman–Crippen MR) is 142 cm³/mol. The van der Waals surface area contributed by atoms with Gasteiger partial charge in [-0.05, 0) is 61.6 Å². The highest BCUT2D eigenvalue weighted by molar-refractivity contribution is 7.12. The summed E-state index contributed by atoms with van der Waals surface area (Å²) in [5, 5.41) is 2.01. The first-order valence-electron chi connectivity index (χ1n) is 10.6. The van der Waals surface area contributed by atoms with E-state index >= 15 is 0 Å². The van der Waals surface area contributed by atoms with Gasteiger partial charge in [0.2, 0.25) is 0 Å². The molecule has 2 N–H and O–H groups in total. The van der Waals surface area contributed by atoms with E-state index in [0.29, 0.717) is 16.0 Å². The summed E-state index contributed by atoms with van der Waals surface area (Å²) in [6.07, 6.45) is 9.48. The molecule has 1 aliphatic carbocycles. The maximum absolute atomic E-state index is 7.01. The van der Waals surface area contributed by atoms with Gasteiger partial charge in [-0.2, -0.15) is 0 Å². The van der Waals surface area contributed by atoms with Crippen molar-refractivity contribution in [1.29, 1.82) is 0 Å². The molecular weight excluding hydrogens is 495 g/mol. The van der Waals surface area contributed by atoms with Gasteiger partial charge in [0.25, 0.3) is 0 Å². The number of aryl methyl sites for hydroxylation is 2. The lowest BCUT2D eigenvalue weighted by Gasteiger charge is -2.32. The smallest absolute Gasteiger partial charge is 0.136 e. The summed E-state index contributed by atoms with van der Waals surface area (Å²) >= 11 is 14.3. The number of nitrogens with zero attached hydrogens (tertiary/aromatic N) is 1. The predicted octanol–water partition coefficient (Wildman–Crippen LogP) is 7.54. The third-order valence-electron chi connectivity index (χ3n) is 6.22. The molecule has 1 saturated carbocycles. The molecule has 3 nitrogen and oxygen atoms in total. The zero-order valence-corrected chi connectivity index (χ0v) is 22.0. The zero-order valence-electron chi connectivity index (χ0n) is 18.8. The van der Waals surface area contributed by atoms with Crippen LogP contribution in [-0.4, -0.2) is 12.1 Å². The Morgan fingerprint density at radius 2 is 1.91 bits per heavy atom. The highest BCUT2D eigenvalue weighted by Crippen LogP contribution is 2.47. The Bertz CT molecular complexity index is 1180. The van der Waals surface area contributed by atoms with Gasteiger partial charge < -0.3 is 10.5 Å². The molecular formula is C26H27Cl3N2OS. The van der Waals surface area contributed by atoms with Gasteiger partial charge in [-0.15, -0.1) is 30.2 Å². The number of nitrogens with two attached hydrogens (primary N) is 1. The highest BCUT2D eigenvalue weighted by Gasteiger charge is 2.42. The summed E-state index contributed by atoms with van der Waals surface area (Å²) in [5.41, 5.74) is 9.73.